The number of nitrogens with zero attached hydrogens (tertiary/aromatic N) is 3. The molecule has 0 amide bonds. The molecule has 0 aromatic carbocycles. The van der Waals surface area contributed by atoms with E-state index in [9.17, 15) is 0 Å². The number of piperidine rings is 1. The minimum Gasteiger partial charge on any atom is -0.383 e. The Hall–Kier alpha value is -0.840. The third-order valence-electron chi connectivity index (χ3n) is 3.32. The number of hydrogen-bond donors (Lipinski definition) is 1. The van der Waals surface area contributed by atoms with E-state index in [0.29, 0.717) is 11.7 Å². The quantitative estimate of drug-likeness (QED) is 0.804. The molecule has 1 aromatic heterocycles. The molecule has 2 heterocycles. The molecule has 2 atom stereocenters. The van der Waals surface area contributed by atoms with Crippen molar-refractivity contribution in [2.24, 2.45) is 11.8 Å². The highest BCUT2D eigenvalue weighted by Gasteiger charge is 2.24. The molecule has 0 bridgehead atoms. The van der Waals surface area contributed by atoms with Crippen molar-refractivity contribution in [2.45, 2.75) is 20.3 Å². The summed E-state index contributed by atoms with van der Waals surface area (Å²) in [4.78, 5) is 10.9. The van der Waals surface area contributed by atoms with E-state index in [2.05, 4.69) is 44.6 Å². The Bertz CT molecular complexity index is 362. The molecule has 2 N–H and O–H groups in total. The first-order chi connectivity index (χ1) is 7.56. The van der Waals surface area contributed by atoms with Crippen molar-refractivity contribution < 1.29 is 0 Å². The predicted molar refractivity (Wildman–Crippen MR) is 69.3 cm³/mol. The normalized spacial score (nSPS) is 25.8. The van der Waals surface area contributed by atoms with E-state index in [1.807, 2.05) is 0 Å². The third kappa shape index (κ3) is 2.45. The lowest BCUT2D eigenvalue weighted by Gasteiger charge is -2.35. The van der Waals surface area contributed by atoms with Crippen LogP contribution in [0.25, 0.3) is 0 Å². The Balaban J connectivity index is 2.18. The Morgan fingerprint density at radius 1 is 1.38 bits per heavy atom. The SMILES string of the molecule is CC1CCN(c2nc(N)cc(Br)n2)CC1C. The van der Waals surface area contributed by atoms with Gasteiger partial charge >= 0.3 is 0 Å². The van der Waals surface area contributed by atoms with Gasteiger partial charge < -0.3 is 10.6 Å². The van der Waals surface area contributed by atoms with Crippen LogP contribution in [0.15, 0.2) is 10.7 Å². The minimum atomic E-state index is 0.517. The van der Waals surface area contributed by atoms with Crippen LogP contribution >= 0.6 is 15.9 Å². The number of nitrogen functional groups attached to an aromatic ring is 1. The first kappa shape index (κ1) is 11.6. The summed E-state index contributed by atoms with van der Waals surface area (Å²) in [5, 5.41) is 0. The smallest absolute Gasteiger partial charge is 0.228 e. The molecule has 88 valence electrons. The number of nitrogens with two attached hydrogens (primary N) is 1. The number of anilines is 2. The number of rotatable bonds is 1. The van der Waals surface area contributed by atoms with Gasteiger partial charge in [-0.2, -0.15) is 4.98 Å². The molecular formula is C11H17BrN4. The fourth-order valence-corrected chi connectivity index (χ4v) is 2.40. The number of aromatic nitrogens is 2. The highest BCUT2D eigenvalue weighted by atomic mass is 79.9. The van der Waals surface area contributed by atoms with Crippen molar-refractivity contribution in [1.29, 1.82) is 0 Å². The van der Waals surface area contributed by atoms with E-state index in [-0.39, 0.29) is 0 Å². The van der Waals surface area contributed by atoms with Gasteiger partial charge in [-0.3, -0.25) is 0 Å². The van der Waals surface area contributed by atoms with Crippen LogP contribution in [0, 0.1) is 11.8 Å². The topological polar surface area (TPSA) is 55.0 Å². The summed E-state index contributed by atoms with van der Waals surface area (Å²) in [7, 11) is 0. The van der Waals surface area contributed by atoms with Crippen molar-refractivity contribution in [1.82, 2.24) is 9.97 Å². The minimum absolute atomic E-state index is 0.517. The van der Waals surface area contributed by atoms with E-state index in [1.165, 1.54) is 6.42 Å². The molecule has 1 saturated heterocycles. The number of hydrogen-bond acceptors (Lipinski definition) is 4. The zero-order valence-corrected chi connectivity index (χ0v) is 11.2. The zero-order valence-electron chi connectivity index (χ0n) is 9.65. The molecule has 2 unspecified atom stereocenters. The molecule has 16 heavy (non-hydrogen) atoms. The fourth-order valence-electron chi connectivity index (χ4n) is 2.01. The Morgan fingerprint density at radius 3 is 2.75 bits per heavy atom. The zero-order chi connectivity index (χ0) is 11.7. The van der Waals surface area contributed by atoms with Crippen LogP contribution in [0.5, 0.6) is 0 Å². The standard InChI is InChI=1S/C11H17BrN4/c1-7-3-4-16(6-8(7)2)11-14-9(12)5-10(13)15-11/h5,7-8H,3-4,6H2,1-2H3,(H2,13,14,15). The fraction of sp³-hybridized carbons (Fsp3) is 0.636. The molecule has 2 rings (SSSR count). The molecule has 0 radical (unpaired) electrons. The van der Waals surface area contributed by atoms with Crippen LogP contribution in [0.4, 0.5) is 11.8 Å². The van der Waals surface area contributed by atoms with Gasteiger partial charge in [-0.1, -0.05) is 13.8 Å². The van der Waals surface area contributed by atoms with E-state index >= 15 is 0 Å². The van der Waals surface area contributed by atoms with Gasteiger partial charge in [-0.05, 0) is 34.2 Å². The average molecular weight is 285 g/mol. The van der Waals surface area contributed by atoms with Gasteiger partial charge in [-0.25, -0.2) is 4.98 Å². The first-order valence-corrected chi connectivity index (χ1v) is 6.40. The van der Waals surface area contributed by atoms with Crippen molar-refractivity contribution >= 4 is 27.7 Å². The Morgan fingerprint density at radius 2 is 2.12 bits per heavy atom. The van der Waals surface area contributed by atoms with Gasteiger partial charge in [0, 0.05) is 19.2 Å². The van der Waals surface area contributed by atoms with E-state index in [0.717, 1.165) is 29.6 Å². The summed E-state index contributed by atoms with van der Waals surface area (Å²) in [6, 6.07) is 1.72. The Labute approximate surface area is 104 Å². The second-order valence-corrected chi connectivity index (χ2v) is 5.42. The molecule has 1 aliphatic heterocycles. The van der Waals surface area contributed by atoms with Gasteiger partial charge in [0.25, 0.3) is 0 Å². The van der Waals surface area contributed by atoms with Crippen molar-refractivity contribution in [3.8, 4) is 0 Å². The molecule has 1 fully saturated rings. The first-order valence-electron chi connectivity index (χ1n) is 5.61. The van der Waals surface area contributed by atoms with Gasteiger partial charge in [0.15, 0.2) is 0 Å². The van der Waals surface area contributed by atoms with Crippen LogP contribution in [-0.4, -0.2) is 23.1 Å². The molecule has 0 aliphatic carbocycles. The summed E-state index contributed by atoms with van der Waals surface area (Å²) in [5.74, 6) is 2.71. The molecule has 1 aliphatic rings. The second-order valence-electron chi connectivity index (χ2n) is 4.60. The summed E-state index contributed by atoms with van der Waals surface area (Å²) in [6.45, 7) is 6.61. The molecule has 4 nitrogen and oxygen atoms in total. The molecule has 1 aromatic rings. The summed E-state index contributed by atoms with van der Waals surface area (Å²) in [5.41, 5.74) is 5.72. The Kier molecular flexibility index (Phi) is 3.33. The molecule has 5 heteroatoms. The lowest BCUT2D eigenvalue weighted by Crippen LogP contribution is -2.39. The largest absolute Gasteiger partial charge is 0.383 e. The lowest BCUT2D eigenvalue weighted by molar-refractivity contribution is 0.321. The van der Waals surface area contributed by atoms with Gasteiger partial charge in [0.2, 0.25) is 5.95 Å². The number of halogens is 1. The van der Waals surface area contributed by atoms with Crippen molar-refractivity contribution in [3.05, 3.63) is 10.7 Å². The maximum Gasteiger partial charge on any atom is 0.228 e. The van der Waals surface area contributed by atoms with Gasteiger partial charge in [-0.15, -0.1) is 0 Å². The third-order valence-corrected chi connectivity index (χ3v) is 3.73. The molecule has 0 saturated carbocycles. The molecule has 0 spiro atoms. The van der Waals surface area contributed by atoms with Crippen LogP contribution in [0.2, 0.25) is 0 Å². The average Bonchev–Trinajstić information content (AvgIpc) is 2.20. The van der Waals surface area contributed by atoms with Crippen LogP contribution in [0.3, 0.4) is 0 Å². The van der Waals surface area contributed by atoms with E-state index < -0.39 is 0 Å². The second kappa shape index (κ2) is 4.57. The van der Waals surface area contributed by atoms with Crippen LogP contribution < -0.4 is 10.6 Å². The summed E-state index contributed by atoms with van der Waals surface area (Å²) < 4.78 is 0.751. The predicted octanol–water partition coefficient (Wildman–Crippen LogP) is 2.30. The maximum absolute atomic E-state index is 5.72. The van der Waals surface area contributed by atoms with Gasteiger partial charge in [0.1, 0.15) is 10.4 Å². The van der Waals surface area contributed by atoms with Crippen molar-refractivity contribution in [2.75, 3.05) is 23.7 Å². The van der Waals surface area contributed by atoms with Crippen molar-refractivity contribution in [3.63, 3.8) is 0 Å². The lowest BCUT2D eigenvalue weighted by atomic mass is 9.89. The van der Waals surface area contributed by atoms with Crippen LogP contribution in [-0.2, 0) is 0 Å². The molecular weight excluding hydrogens is 268 g/mol. The summed E-state index contributed by atoms with van der Waals surface area (Å²) >= 11 is 3.35. The van der Waals surface area contributed by atoms with E-state index in [1.54, 1.807) is 6.07 Å². The highest BCUT2D eigenvalue weighted by Crippen LogP contribution is 2.26. The van der Waals surface area contributed by atoms with Gasteiger partial charge in [0.05, 0.1) is 0 Å². The monoisotopic (exact) mass is 284 g/mol. The highest BCUT2D eigenvalue weighted by molar-refractivity contribution is 9.10. The maximum atomic E-state index is 5.72. The summed E-state index contributed by atoms with van der Waals surface area (Å²) in [6.07, 6.45) is 1.19. The van der Waals surface area contributed by atoms with E-state index in [4.69, 9.17) is 5.73 Å². The van der Waals surface area contributed by atoms with Crippen LogP contribution in [0.1, 0.15) is 20.3 Å².